The number of carbonyl (C=O) groups excluding carboxylic acids is 1. The van der Waals surface area contributed by atoms with Crippen molar-refractivity contribution in [1.29, 1.82) is 0 Å². The standard InChI is InChI=1S/C17H18BrNO/c1-3-10-17(4-2)11-9-14-15(18)12-7-5-6-8-13(12)19(14)16(17)20/h3,5-8H,1,4,9-11H2,2H3/t17-/m1/s1. The zero-order valence-corrected chi connectivity index (χ0v) is 13.2. The van der Waals surface area contributed by atoms with E-state index in [1.54, 1.807) is 0 Å². The van der Waals surface area contributed by atoms with Crippen molar-refractivity contribution < 1.29 is 4.79 Å². The van der Waals surface area contributed by atoms with Crippen molar-refractivity contribution in [1.82, 2.24) is 4.57 Å². The predicted octanol–water partition coefficient (Wildman–Crippen LogP) is 4.96. The molecular weight excluding hydrogens is 314 g/mol. The van der Waals surface area contributed by atoms with E-state index < -0.39 is 0 Å². The van der Waals surface area contributed by atoms with Gasteiger partial charge in [-0.2, -0.15) is 0 Å². The van der Waals surface area contributed by atoms with E-state index in [1.165, 1.54) is 0 Å². The third kappa shape index (κ3) is 1.72. The summed E-state index contributed by atoms with van der Waals surface area (Å²) in [6.45, 7) is 5.94. The summed E-state index contributed by atoms with van der Waals surface area (Å²) in [5.41, 5.74) is 1.85. The molecule has 1 aliphatic rings. The third-order valence-corrected chi connectivity index (χ3v) is 5.50. The first-order chi connectivity index (χ1) is 9.64. The first kappa shape index (κ1) is 13.6. The molecule has 0 amide bonds. The maximum atomic E-state index is 13.1. The van der Waals surface area contributed by atoms with Crippen LogP contribution in [0.2, 0.25) is 0 Å². The molecule has 0 aliphatic carbocycles. The fourth-order valence-corrected chi connectivity index (χ4v) is 4.06. The molecule has 3 rings (SSSR count). The van der Waals surface area contributed by atoms with Gasteiger partial charge in [-0.05, 0) is 47.7 Å². The molecule has 0 saturated heterocycles. The highest BCUT2D eigenvalue weighted by Gasteiger charge is 2.41. The monoisotopic (exact) mass is 331 g/mol. The summed E-state index contributed by atoms with van der Waals surface area (Å²) in [4.78, 5) is 13.1. The van der Waals surface area contributed by atoms with Crippen LogP contribution in [-0.2, 0) is 6.42 Å². The Morgan fingerprint density at radius 2 is 2.20 bits per heavy atom. The van der Waals surface area contributed by atoms with Gasteiger partial charge in [-0.15, -0.1) is 6.58 Å². The first-order valence-electron chi connectivity index (χ1n) is 7.08. The van der Waals surface area contributed by atoms with Crippen LogP contribution in [0, 0.1) is 5.41 Å². The van der Waals surface area contributed by atoms with Gasteiger partial charge >= 0.3 is 0 Å². The second kappa shape index (κ2) is 4.88. The molecule has 0 saturated carbocycles. The Morgan fingerprint density at radius 1 is 1.45 bits per heavy atom. The average Bonchev–Trinajstić information content (AvgIpc) is 2.76. The number of rotatable bonds is 3. The van der Waals surface area contributed by atoms with Crippen molar-refractivity contribution in [2.24, 2.45) is 5.41 Å². The number of nitrogens with zero attached hydrogens (tertiary/aromatic N) is 1. The lowest BCUT2D eigenvalue weighted by atomic mass is 9.74. The van der Waals surface area contributed by atoms with Crippen LogP contribution in [0.1, 0.15) is 36.7 Å². The van der Waals surface area contributed by atoms with Crippen LogP contribution in [0.5, 0.6) is 0 Å². The zero-order chi connectivity index (χ0) is 14.3. The van der Waals surface area contributed by atoms with E-state index in [0.717, 1.165) is 46.8 Å². The van der Waals surface area contributed by atoms with Crippen LogP contribution < -0.4 is 0 Å². The van der Waals surface area contributed by atoms with Crippen molar-refractivity contribution in [3.05, 3.63) is 47.1 Å². The van der Waals surface area contributed by atoms with E-state index in [-0.39, 0.29) is 11.3 Å². The van der Waals surface area contributed by atoms with Gasteiger partial charge in [0, 0.05) is 15.6 Å². The summed E-state index contributed by atoms with van der Waals surface area (Å²) < 4.78 is 3.00. The maximum absolute atomic E-state index is 13.1. The van der Waals surface area contributed by atoms with Crippen LogP contribution in [0.25, 0.3) is 10.9 Å². The van der Waals surface area contributed by atoms with Crippen molar-refractivity contribution >= 4 is 32.7 Å². The molecule has 20 heavy (non-hydrogen) atoms. The number of hydrogen-bond donors (Lipinski definition) is 0. The molecule has 1 aromatic carbocycles. The van der Waals surface area contributed by atoms with Crippen molar-refractivity contribution in [3.63, 3.8) is 0 Å². The molecule has 3 heteroatoms. The number of benzene rings is 1. The molecule has 2 aromatic rings. The molecule has 2 nitrogen and oxygen atoms in total. The molecule has 2 heterocycles. The number of carbonyl (C=O) groups is 1. The van der Waals surface area contributed by atoms with Gasteiger partial charge in [0.05, 0.1) is 10.9 Å². The Hall–Kier alpha value is -1.35. The Balaban J connectivity index is 2.25. The fourth-order valence-electron chi connectivity index (χ4n) is 3.35. The number of para-hydroxylation sites is 1. The smallest absolute Gasteiger partial charge is 0.237 e. The lowest BCUT2D eigenvalue weighted by Gasteiger charge is -2.35. The summed E-state index contributed by atoms with van der Waals surface area (Å²) in [6.07, 6.45) is 5.34. The molecule has 1 atom stereocenters. The number of hydrogen-bond acceptors (Lipinski definition) is 1. The highest BCUT2D eigenvalue weighted by atomic mass is 79.9. The largest absolute Gasteiger partial charge is 0.283 e. The normalized spacial score (nSPS) is 22.0. The van der Waals surface area contributed by atoms with Crippen LogP contribution in [0.4, 0.5) is 0 Å². The van der Waals surface area contributed by atoms with E-state index >= 15 is 0 Å². The van der Waals surface area contributed by atoms with Gasteiger partial charge in [-0.1, -0.05) is 31.2 Å². The molecule has 1 aliphatic heterocycles. The van der Waals surface area contributed by atoms with Crippen molar-refractivity contribution in [3.8, 4) is 0 Å². The second-order valence-electron chi connectivity index (χ2n) is 5.55. The summed E-state index contributed by atoms with van der Waals surface area (Å²) in [5.74, 6) is 0.225. The number of aromatic nitrogens is 1. The van der Waals surface area contributed by atoms with E-state index in [0.29, 0.717) is 0 Å². The van der Waals surface area contributed by atoms with E-state index in [9.17, 15) is 4.79 Å². The minimum absolute atomic E-state index is 0.225. The quantitative estimate of drug-likeness (QED) is 0.728. The van der Waals surface area contributed by atoms with Crippen LogP contribution in [-0.4, -0.2) is 10.5 Å². The fraction of sp³-hybridized carbons (Fsp3) is 0.353. The van der Waals surface area contributed by atoms with Crippen LogP contribution in [0.15, 0.2) is 41.4 Å². The molecule has 0 N–H and O–H groups in total. The number of halogens is 1. The summed E-state index contributed by atoms with van der Waals surface area (Å²) in [6, 6.07) is 8.10. The van der Waals surface area contributed by atoms with E-state index in [4.69, 9.17) is 0 Å². The van der Waals surface area contributed by atoms with E-state index in [2.05, 4.69) is 35.5 Å². The Morgan fingerprint density at radius 3 is 2.90 bits per heavy atom. The molecule has 1 aromatic heterocycles. The molecular formula is C17H18BrNO. The van der Waals surface area contributed by atoms with Crippen LogP contribution >= 0.6 is 15.9 Å². The molecule has 0 bridgehead atoms. The van der Waals surface area contributed by atoms with Gasteiger partial charge in [0.25, 0.3) is 0 Å². The van der Waals surface area contributed by atoms with Crippen molar-refractivity contribution in [2.45, 2.75) is 32.6 Å². The molecule has 0 fully saturated rings. The number of fused-ring (bicyclic) bond motifs is 3. The van der Waals surface area contributed by atoms with Gasteiger partial charge in [0.15, 0.2) is 0 Å². The molecule has 0 unspecified atom stereocenters. The topological polar surface area (TPSA) is 22.0 Å². The lowest BCUT2D eigenvalue weighted by molar-refractivity contribution is 0.0642. The van der Waals surface area contributed by atoms with Gasteiger partial charge in [-0.25, -0.2) is 0 Å². The summed E-state index contributed by atoms with van der Waals surface area (Å²) >= 11 is 3.67. The molecule has 104 valence electrons. The SMILES string of the molecule is C=CC[C@]1(CC)CCc2c(Br)c3ccccc3n2C1=O. The third-order valence-electron chi connectivity index (χ3n) is 4.61. The van der Waals surface area contributed by atoms with Gasteiger partial charge in [0.1, 0.15) is 0 Å². The Labute approximate surface area is 127 Å². The van der Waals surface area contributed by atoms with E-state index in [1.807, 2.05) is 28.8 Å². The summed E-state index contributed by atoms with van der Waals surface area (Å²) in [5, 5.41) is 1.13. The number of allylic oxidation sites excluding steroid dienone is 1. The second-order valence-corrected chi connectivity index (χ2v) is 6.34. The minimum Gasteiger partial charge on any atom is -0.283 e. The van der Waals surface area contributed by atoms with Crippen molar-refractivity contribution in [2.75, 3.05) is 0 Å². The van der Waals surface area contributed by atoms with Crippen LogP contribution in [0.3, 0.4) is 0 Å². The van der Waals surface area contributed by atoms with Gasteiger partial charge < -0.3 is 0 Å². The Kier molecular flexibility index (Phi) is 3.33. The average molecular weight is 332 g/mol. The minimum atomic E-state index is -0.282. The first-order valence-corrected chi connectivity index (χ1v) is 7.87. The molecule has 0 spiro atoms. The Bertz CT molecular complexity index is 700. The highest BCUT2D eigenvalue weighted by molar-refractivity contribution is 9.10. The van der Waals surface area contributed by atoms with Gasteiger partial charge in [-0.3, -0.25) is 9.36 Å². The highest BCUT2D eigenvalue weighted by Crippen LogP contribution is 2.43. The van der Waals surface area contributed by atoms with Gasteiger partial charge in [0.2, 0.25) is 5.91 Å². The predicted molar refractivity (Wildman–Crippen MR) is 86.1 cm³/mol. The summed E-state index contributed by atoms with van der Waals surface area (Å²) in [7, 11) is 0. The maximum Gasteiger partial charge on any atom is 0.237 e. The molecule has 0 radical (unpaired) electrons. The lowest BCUT2D eigenvalue weighted by Crippen LogP contribution is -2.39. The zero-order valence-electron chi connectivity index (χ0n) is 11.7.